The summed E-state index contributed by atoms with van der Waals surface area (Å²) in [6.07, 6.45) is 2.12. The van der Waals surface area contributed by atoms with Gasteiger partial charge in [0.2, 0.25) is 21.8 Å². The quantitative estimate of drug-likeness (QED) is 0.222. The molecule has 53 heavy (non-hydrogen) atoms. The Kier molecular flexibility index (Phi) is 9.56. The average Bonchev–Trinajstić information content (AvgIpc) is 4.01. The maximum absolute atomic E-state index is 14.4. The van der Waals surface area contributed by atoms with Gasteiger partial charge in [0, 0.05) is 35.7 Å². The summed E-state index contributed by atoms with van der Waals surface area (Å²) in [6.45, 7) is 14.0. The Bertz CT molecular complexity index is 2120. The fourth-order valence-corrected chi connectivity index (χ4v) is 9.91. The Hall–Kier alpha value is -3.79. The number of carbonyl (C=O) groups excluding carboxylic acids is 3. The second kappa shape index (κ2) is 13.5. The van der Waals surface area contributed by atoms with Crippen LogP contribution in [-0.2, 0) is 24.4 Å². The molecule has 0 bridgehead atoms. The molecule has 0 unspecified atom stereocenters. The lowest BCUT2D eigenvalue weighted by Gasteiger charge is -2.46. The van der Waals surface area contributed by atoms with Crippen LogP contribution >= 0.6 is 22.9 Å². The first-order valence-electron chi connectivity index (χ1n) is 17.9. The Morgan fingerprint density at radius 2 is 1.92 bits per heavy atom. The van der Waals surface area contributed by atoms with Crippen LogP contribution in [0.25, 0.3) is 21.6 Å². The maximum Gasteiger partial charge on any atom is 0.259 e. The van der Waals surface area contributed by atoms with E-state index in [1.807, 2.05) is 32.2 Å². The van der Waals surface area contributed by atoms with E-state index in [1.165, 1.54) is 24.5 Å². The predicted octanol–water partition coefficient (Wildman–Crippen LogP) is 4.55. The zero-order valence-electron chi connectivity index (χ0n) is 30.6. The van der Waals surface area contributed by atoms with Gasteiger partial charge in [-0.25, -0.2) is 18.4 Å². The monoisotopic (exact) mass is 784 g/mol. The van der Waals surface area contributed by atoms with E-state index in [0.717, 1.165) is 5.69 Å². The van der Waals surface area contributed by atoms with E-state index in [1.54, 1.807) is 17.0 Å². The molecule has 2 aliphatic carbocycles. The van der Waals surface area contributed by atoms with Gasteiger partial charge >= 0.3 is 0 Å². The van der Waals surface area contributed by atoms with Crippen LogP contribution in [-0.4, -0.2) is 89.2 Å². The maximum atomic E-state index is 14.4. The highest BCUT2D eigenvalue weighted by Gasteiger charge is 2.63. The molecule has 1 aromatic carbocycles. The summed E-state index contributed by atoms with van der Waals surface area (Å²) >= 11 is 8.28. The van der Waals surface area contributed by atoms with Crippen LogP contribution in [0, 0.1) is 11.8 Å². The number of nitrogens with zero attached hydrogens (tertiary/aromatic N) is 3. The predicted molar refractivity (Wildman–Crippen MR) is 202 cm³/mol. The minimum Gasteiger partial charge on any atom is -0.495 e. The summed E-state index contributed by atoms with van der Waals surface area (Å²) in [5.41, 5.74) is -0.542. The first-order valence-corrected chi connectivity index (χ1v) is 20.7. The molecule has 2 saturated heterocycles. The molecule has 0 radical (unpaired) electrons. The topological polar surface area (TPSA) is 169 Å². The normalized spacial score (nSPS) is 28.2. The molecule has 2 saturated carbocycles. The molecule has 3 amide bonds. The molecular formula is C37H45ClN6O7S2. The van der Waals surface area contributed by atoms with Crippen molar-refractivity contribution in [2.24, 2.45) is 11.8 Å². The number of piperazine rings is 1. The number of fused-ring (bicyclic) bond motifs is 2. The number of pyridine rings is 1. The SMILES string of the molecule is C=C[C@@H]1C[C@]1(NC(=O)[C@@H]1C[C@@H](Oc2cc(-c3nc(C(C)C)cs3)nc3c(Cl)c(OC)ccc23)[C@H]2CN[C@](C)(C(C)C)C(=O)N21)C(=O)NS(=O)(=O)C1CC1. The number of aromatic nitrogens is 2. The van der Waals surface area contributed by atoms with Gasteiger partial charge in [-0.3, -0.25) is 19.1 Å². The van der Waals surface area contributed by atoms with Gasteiger partial charge in [0.25, 0.3) is 5.91 Å². The second-order valence-electron chi connectivity index (χ2n) is 15.3. The number of thiazole rings is 1. The summed E-state index contributed by atoms with van der Waals surface area (Å²) in [6, 6.07) is 3.77. The van der Waals surface area contributed by atoms with Crippen molar-refractivity contribution in [2.45, 2.75) is 101 Å². The fraction of sp³-hybridized carbons (Fsp3) is 0.541. The van der Waals surface area contributed by atoms with Crippen molar-refractivity contribution in [3.05, 3.63) is 47.0 Å². The number of rotatable bonds is 12. The first kappa shape index (κ1) is 37.5. The van der Waals surface area contributed by atoms with Gasteiger partial charge in [-0.15, -0.1) is 17.9 Å². The van der Waals surface area contributed by atoms with Crippen molar-refractivity contribution >= 4 is 61.6 Å². The number of ether oxygens (including phenoxy) is 2. The Morgan fingerprint density at radius 3 is 2.53 bits per heavy atom. The molecular weight excluding hydrogens is 740 g/mol. The van der Waals surface area contributed by atoms with Crippen LogP contribution in [0.2, 0.25) is 5.02 Å². The van der Waals surface area contributed by atoms with Crippen molar-refractivity contribution in [3.8, 4) is 22.2 Å². The molecule has 16 heteroatoms. The van der Waals surface area contributed by atoms with Gasteiger partial charge < -0.3 is 25.0 Å². The van der Waals surface area contributed by atoms with E-state index in [9.17, 15) is 22.8 Å². The van der Waals surface area contributed by atoms with Crippen LogP contribution in [0.4, 0.5) is 0 Å². The molecule has 4 heterocycles. The lowest BCUT2D eigenvalue weighted by molar-refractivity contribution is -0.151. The third-order valence-electron chi connectivity index (χ3n) is 11.3. The molecule has 4 aliphatic rings. The van der Waals surface area contributed by atoms with Gasteiger partial charge in [0.15, 0.2) is 0 Å². The number of amides is 3. The third kappa shape index (κ3) is 6.46. The van der Waals surface area contributed by atoms with E-state index in [4.69, 9.17) is 31.0 Å². The number of sulfonamides is 1. The molecule has 13 nitrogen and oxygen atoms in total. The highest BCUT2D eigenvalue weighted by Crippen LogP contribution is 2.47. The minimum absolute atomic E-state index is 0.104. The van der Waals surface area contributed by atoms with Crippen molar-refractivity contribution in [1.82, 2.24) is 30.2 Å². The molecule has 3 aromatic rings. The Labute approximate surface area is 318 Å². The molecule has 6 atom stereocenters. The Balaban J connectivity index is 1.25. The van der Waals surface area contributed by atoms with Crippen molar-refractivity contribution in [3.63, 3.8) is 0 Å². The van der Waals surface area contributed by atoms with Gasteiger partial charge in [0.05, 0.1) is 35.2 Å². The Morgan fingerprint density at radius 1 is 1.19 bits per heavy atom. The number of benzene rings is 1. The number of methoxy groups -OCH3 is 1. The molecule has 4 fully saturated rings. The molecule has 2 aromatic heterocycles. The van der Waals surface area contributed by atoms with E-state index in [0.29, 0.717) is 57.5 Å². The third-order valence-corrected chi connectivity index (χ3v) is 14.4. The average molecular weight is 785 g/mol. The smallest absolute Gasteiger partial charge is 0.259 e. The van der Waals surface area contributed by atoms with E-state index >= 15 is 0 Å². The number of halogens is 1. The molecule has 3 N–H and O–H groups in total. The van der Waals surface area contributed by atoms with Crippen LogP contribution in [0.15, 0.2) is 36.2 Å². The van der Waals surface area contributed by atoms with E-state index in [-0.39, 0.29) is 30.6 Å². The zero-order valence-corrected chi connectivity index (χ0v) is 33.0. The molecule has 2 aliphatic heterocycles. The number of hydrogen-bond donors (Lipinski definition) is 3. The minimum atomic E-state index is -3.87. The second-order valence-corrected chi connectivity index (χ2v) is 18.5. The summed E-state index contributed by atoms with van der Waals surface area (Å²) in [5, 5.41) is 9.28. The summed E-state index contributed by atoms with van der Waals surface area (Å²) in [7, 11) is -2.34. The van der Waals surface area contributed by atoms with Crippen LogP contribution in [0.5, 0.6) is 11.5 Å². The lowest BCUT2D eigenvalue weighted by Crippen LogP contribution is -2.71. The standard InChI is InChI=1S/C37H45ClN6O7S2/c1-8-20-15-37(20,34(46)43-53(48,49)21-9-10-21)42-32(45)25-14-29(26-16-39-36(6,19(4)5)35(47)44(25)26)51-28-13-23(33-41-24(17-52-33)18(2)3)40-31-22(28)11-12-27(50-7)30(31)38/h8,11-13,17-21,25-26,29,39H,1,9-10,14-16H2,2-7H3,(H,42,45)(H,43,46)/t20-,25+,26-,29-,36-,37-/m1/s1. The van der Waals surface area contributed by atoms with Gasteiger partial charge in [-0.2, -0.15) is 0 Å². The highest BCUT2D eigenvalue weighted by atomic mass is 35.5. The first-order chi connectivity index (χ1) is 25.0. The van der Waals surface area contributed by atoms with E-state index in [2.05, 4.69) is 35.8 Å². The van der Waals surface area contributed by atoms with Gasteiger partial charge in [-0.05, 0) is 50.2 Å². The summed E-state index contributed by atoms with van der Waals surface area (Å²) in [5.74, 6) is -1.12. The lowest BCUT2D eigenvalue weighted by atomic mass is 9.84. The number of hydrogen-bond acceptors (Lipinski definition) is 11. The van der Waals surface area contributed by atoms with Crippen molar-refractivity contribution < 1.29 is 32.3 Å². The van der Waals surface area contributed by atoms with Gasteiger partial charge in [0.1, 0.15) is 44.9 Å². The van der Waals surface area contributed by atoms with Crippen molar-refractivity contribution in [1.29, 1.82) is 0 Å². The fourth-order valence-electron chi connectivity index (χ4n) is 7.32. The van der Waals surface area contributed by atoms with Gasteiger partial charge in [-0.1, -0.05) is 45.4 Å². The van der Waals surface area contributed by atoms with Crippen molar-refractivity contribution in [2.75, 3.05) is 13.7 Å². The van der Waals surface area contributed by atoms with Crippen LogP contribution in [0.3, 0.4) is 0 Å². The zero-order chi connectivity index (χ0) is 38.2. The van der Waals surface area contributed by atoms with Crippen LogP contribution in [0.1, 0.15) is 71.9 Å². The van der Waals surface area contributed by atoms with E-state index < -0.39 is 62.3 Å². The summed E-state index contributed by atoms with van der Waals surface area (Å²) in [4.78, 5) is 53.6. The number of nitrogens with one attached hydrogen (secondary N) is 3. The van der Waals surface area contributed by atoms with Crippen LogP contribution < -0.4 is 24.8 Å². The molecule has 284 valence electrons. The largest absolute Gasteiger partial charge is 0.495 e. The highest BCUT2D eigenvalue weighted by molar-refractivity contribution is 7.91. The molecule has 0 spiro atoms. The number of carbonyl (C=O) groups is 3. The molecule has 7 rings (SSSR count). The summed E-state index contributed by atoms with van der Waals surface area (Å²) < 4.78 is 40.0.